The minimum Gasteiger partial charge on any atom is -0.356 e. The fraction of sp³-hybridized carbons (Fsp3) is 0.375. The van der Waals surface area contributed by atoms with Gasteiger partial charge in [-0.25, -0.2) is 4.98 Å². The minimum atomic E-state index is -0.0898. The van der Waals surface area contributed by atoms with Gasteiger partial charge in [-0.15, -0.1) is 0 Å². The van der Waals surface area contributed by atoms with Gasteiger partial charge >= 0.3 is 0 Å². The molecule has 118 valence electrons. The molecule has 1 amide bonds. The third-order valence-electron chi connectivity index (χ3n) is 4.18. The maximum absolute atomic E-state index is 12.0. The SMILES string of the molecule is O=C1NCCCC[C@@H]1Cc1nc(-c2cnc3ccccn23)no1. The molecule has 0 saturated carbocycles. The van der Waals surface area contributed by atoms with Crippen molar-refractivity contribution in [2.24, 2.45) is 5.92 Å². The minimum absolute atomic E-state index is 0.0806. The predicted octanol–water partition coefficient (Wildman–Crippen LogP) is 1.84. The second-order valence-corrected chi connectivity index (χ2v) is 5.77. The van der Waals surface area contributed by atoms with Gasteiger partial charge in [-0.05, 0) is 25.0 Å². The Bertz CT molecular complexity index is 838. The number of carbonyl (C=O) groups is 1. The van der Waals surface area contributed by atoms with Crippen LogP contribution >= 0.6 is 0 Å². The Morgan fingerprint density at radius 3 is 3.26 bits per heavy atom. The Hall–Kier alpha value is -2.70. The van der Waals surface area contributed by atoms with Crippen LogP contribution in [0.25, 0.3) is 17.2 Å². The molecule has 0 bridgehead atoms. The first-order valence-corrected chi connectivity index (χ1v) is 7.84. The maximum Gasteiger partial charge on any atom is 0.227 e. The third kappa shape index (κ3) is 2.69. The lowest BCUT2D eigenvalue weighted by molar-refractivity contribution is -0.124. The summed E-state index contributed by atoms with van der Waals surface area (Å²) in [4.78, 5) is 20.8. The molecule has 0 aliphatic carbocycles. The molecular formula is C16H17N5O2. The van der Waals surface area contributed by atoms with Crippen molar-refractivity contribution in [3.63, 3.8) is 0 Å². The van der Waals surface area contributed by atoms with E-state index in [4.69, 9.17) is 4.52 Å². The molecule has 7 nitrogen and oxygen atoms in total. The molecule has 0 spiro atoms. The van der Waals surface area contributed by atoms with Gasteiger partial charge < -0.3 is 9.84 Å². The first-order valence-electron chi connectivity index (χ1n) is 7.84. The predicted molar refractivity (Wildman–Crippen MR) is 82.5 cm³/mol. The summed E-state index contributed by atoms with van der Waals surface area (Å²) < 4.78 is 7.26. The maximum atomic E-state index is 12.0. The van der Waals surface area contributed by atoms with Crippen molar-refractivity contribution in [2.75, 3.05) is 6.54 Å². The molecule has 23 heavy (non-hydrogen) atoms. The van der Waals surface area contributed by atoms with E-state index in [9.17, 15) is 4.79 Å². The van der Waals surface area contributed by atoms with Crippen LogP contribution in [0, 0.1) is 5.92 Å². The molecule has 4 rings (SSSR count). The van der Waals surface area contributed by atoms with Gasteiger partial charge in [0.1, 0.15) is 11.3 Å². The number of hydrogen-bond acceptors (Lipinski definition) is 5. The summed E-state index contributed by atoms with van der Waals surface area (Å²) in [5.74, 6) is 0.977. The Morgan fingerprint density at radius 1 is 1.35 bits per heavy atom. The highest BCUT2D eigenvalue weighted by atomic mass is 16.5. The second kappa shape index (κ2) is 5.83. The summed E-state index contributed by atoms with van der Waals surface area (Å²) in [7, 11) is 0. The number of aromatic nitrogens is 4. The number of nitrogens with one attached hydrogen (secondary N) is 1. The van der Waals surface area contributed by atoms with Crippen molar-refractivity contribution in [3.8, 4) is 11.5 Å². The zero-order chi connectivity index (χ0) is 15.6. The number of fused-ring (bicyclic) bond motifs is 1. The van der Waals surface area contributed by atoms with E-state index in [0.29, 0.717) is 18.1 Å². The van der Waals surface area contributed by atoms with Crippen molar-refractivity contribution < 1.29 is 9.32 Å². The van der Waals surface area contributed by atoms with Crippen molar-refractivity contribution in [1.29, 1.82) is 0 Å². The number of amides is 1. The fourth-order valence-corrected chi connectivity index (χ4v) is 2.95. The van der Waals surface area contributed by atoms with E-state index in [0.717, 1.165) is 37.1 Å². The van der Waals surface area contributed by atoms with E-state index < -0.39 is 0 Å². The molecule has 1 saturated heterocycles. The van der Waals surface area contributed by atoms with Gasteiger partial charge in [0.2, 0.25) is 17.6 Å². The van der Waals surface area contributed by atoms with Gasteiger partial charge in [0.25, 0.3) is 0 Å². The smallest absolute Gasteiger partial charge is 0.227 e. The standard InChI is InChI=1S/C16H17N5O2/c22-16-11(5-1-3-7-17-16)9-14-19-15(20-23-14)12-10-18-13-6-2-4-8-21(12)13/h2,4,6,8,10-11H,1,3,5,7,9H2,(H,17,22)/t11-/m1/s1. The Morgan fingerprint density at radius 2 is 2.30 bits per heavy atom. The molecule has 1 atom stereocenters. The second-order valence-electron chi connectivity index (χ2n) is 5.77. The van der Waals surface area contributed by atoms with Crippen molar-refractivity contribution >= 4 is 11.6 Å². The molecular weight excluding hydrogens is 294 g/mol. The molecule has 4 heterocycles. The molecule has 1 N–H and O–H groups in total. The van der Waals surface area contributed by atoms with Crippen LogP contribution in [0.4, 0.5) is 0 Å². The first kappa shape index (κ1) is 13.9. The molecule has 0 unspecified atom stereocenters. The Labute approximate surface area is 132 Å². The molecule has 3 aromatic heterocycles. The summed E-state index contributed by atoms with van der Waals surface area (Å²) >= 11 is 0. The van der Waals surface area contributed by atoms with Gasteiger partial charge in [-0.3, -0.25) is 9.20 Å². The highest BCUT2D eigenvalue weighted by Crippen LogP contribution is 2.21. The van der Waals surface area contributed by atoms with Crippen LogP contribution in [0.5, 0.6) is 0 Å². The fourth-order valence-electron chi connectivity index (χ4n) is 2.95. The highest BCUT2D eigenvalue weighted by Gasteiger charge is 2.24. The third-order valence-corrected chi connectivity index (χ3v) is 4.18. The topological polar surface area (TPSA) is 85.3 Å². The number of nitrogens with zero attached hydrogens (tertiary/aromatic N) is 4. The van der Waals surface area contributed by atoms with Gasteiger partial charge in [-0.2, -0.15) is 4.98 Å². The van der Waals surface area contributed by atoms with Crippen LogP contribution < -0.4 is 5.32 Å². The first-order chi connectivity index (χ1) is 11.3. The molecule has 1 aliphatic heterocycles. The number of imidazole rings is 1. The lowest BCUT2D eigenvalue weighted by Gasteiger charge is -2.09. The zero-order valence-electron chi connectivity index (χ0n) is 12.6. The number of hydrogen-bond donors (Lipinski definition) is 1. The summed E-state index contributed by atoms with van der Waals surface area (Å²) in [5, 5.41) is 6.97. The summed E-state index contributed by atoms with van der Waals surface area (Å²) in [6.45, 7) is 0.756. The van der Waals surface area contributed by atoms with E-state index in [2.05, 4.69) is 20.4 Å². The number of pyridine rings is 1. The van der Waals surface area contributed by atoms with E-state index >= 15 is 0 Å². The van der Waals surface area contributed by atoms with Crippen LogP contribution in [0.15, 0.2) is 35.1 Å². The van der Waals surface area contributed by atoms with E-state index in [-0.39, 0.29) is 11.8 Å². The van der Waals surface area contributed by atoms with Crippen LogP contribution in [0.3, 0.4) is 0 Å². The number of rotatable bonds is 3. The van der Waals surface area contributed by atoms with Gasteiger partial charge in [0, 0.05) is 25.1 Å². The van der Waals surface area contributed by atoms with Crippen molar-refractivity contribution in [2.45, 2.75) is 25.7 Å². The van der Waals surface area contributed by atoms with E-state index in [1.54, 1.807) is 6.20 Å². The lowest BCUT2D eigenvalue weighted by atomic mass is 9.99. The Kier molecular flexibility index (Phi) is 3.53. The van der Waals surface area contributed by atoms with Gasteiger partial charge in [0.05, 0.1) is 6.20 Å². The normalized spacial score (nSPS) is 18.8. The molecule has 1 fully saturated rings. The molecule has 7 heteroatoms. The van der Waals surface area contributed by atoms with Crippen LogP contribution in [0.1, 0.15) is 25.2 Å². The Balaban J connectivity index is 1.58. The van der Waals surface area contributed by atoms with Gasteiger partial charge in [0.15, 0.2) is 0 Å². The summed E-state index contributed by atoms with van der Waals surface area (Å²) in [6, 6.07) is 5.77. The average Bonchev–Trinajstić information content (AvgIpc) is 3.14. The zero-order valence-corrected chi connectivity index (χ0v) is 12.6. The molecule has 3 aromatic rings. The highest BCUT2D eigenvalue weighted by molar-refractivity contribution is 5.79. The molecule has 1 aliphatic rings. The van der Waals surface area contributed by atoms with Crippen LogP contribution in [-0.4, -0.2) is 32.0 Å². The van der Waals surface area contributed by atoms with Crippen LogP contribution in [-0.2, 0) is 11.2 Å². The number of carbonyl (C=O) groups excluding carboxylic acids is 1. The average molecular weight is 311 g/mol. The molecule has 0 radical (unpaired) electrons. The lowest BCUT2D eigenvalue weighted by Crippen LogP contribution is -2.30. The monoisotopic (exact) mass is 311 g/mol. The summed E-state index contributed by atoms with van der Waals surface area (Å²) in [6.07, 6.45) is 7.04. The largest absolute Gasteiger partial charge is 0.356 e. The van der Waals surface area contributed by atoms with Crippen molar-refractivity contribution in [1.82, 2.24) is 24.8 Å². The molecule has 0 aromatic carbocycles. The van der Waals surface area contributed by atoms with Gasteiger partial charge in [-0.1, -0.05) is 17.6 Å². The summed E-state index contributed by atoms with van der Waals surface area (Å²) in [5.41, 5.74) is 1.61. The quantitative estimate of drug-likeness (QED) is 0.798. The van der Waals surface area contributed by atoms with Crippen molar-refractivity contribution in [3.05, 3.63) is 36.5 Å². The van der Waals surface area contributed by atoms with E-state index in [1.807, 2.05) is 28.8 Å². The van der Waals surface area contributed by atoms with E-state index in [1.165, 1.54) is 0 Å². The van der Waals surface area contributed by atoms with Crippen LogP contribution in [0.2, 0.25) is 0 Å².